The minimum absolute atomic E-state index is 0. The van der Waals surface area contributed by atoms with Gasteiger partial charge in [-0.25, -0.2) is 0 Å². The summed E-state index contributed by atoms with van der Waals surface area (Å²) < 4.78 is 0. The predicted octanol–water partition coefficient (Wildman–Crippen LogP) is -1.14. The molecule has 0 aromatic rings. The molecule has 0 aliphatic heterocycles. The van der Waals surface area contributed by atoms with E-state index in [0.717, 1.165) is 0 Å². The van der Waals surface area contributed by atoms with E-state index in [1.807, 2.05) is 0 Å². The summed E-state index contributed by atoms with van der Waals surface area (Å²) in [4.78, 5) is 0. The summed E-state index contributed by atoms with van der Waals surface area (Å²) in [6, 6.07) is 0. The number of rotatable bonds is 0. The van der Waals surface area contributed by atoms with Crippen molar-refractivity contribution < 1.29 is 17.1 Å². The Morgan fingerprint density at radius 3 is 0.500 bits per heavy atom. The molecule has 0 unspecified atom stereocenters. The summed E-state index contributed by atoms with van der Waals surface area (Å²) in [7, 11) is 0. The second-order valence-electron chi connectivity index (χ2n) is 0. The van der Waals surface area contributed by atoms with Crippen molar-refractivity contribution >= 4 is 32.9 Å². The molecular formula is MnSi3. The molecule has 0 aliphatic carbocycles. The van der Waals surface area contributed by atoms with Crippen LogP contribution in [0, 0.1) is 0 Å². The van der Waals surface area contributed by atoms with Gasteiger partial charge in [-0.2, -0.15) is 0 Å². The first-order valence-corrected chi connectivity index (χ1v) is 0. The zero-order valence-electron chi connectivity index (χ0n) is 1.88. The predicted molar refractivity (Wildman–Crippen MR) is 17.3 cm³/mol. The van der Waals surface area contributed by atoms with Crippen molar-refractivity contribution in [2.45, 2.75) is 0 Å². The molecule has 19 valence electrons. The Labute approximate surface area is 50.3 Å². The first-order valence-electron chi connectivity index (χ1n) is 0. The molecule has 0 heterocycles. The second kappa shape index (κ2) is 30.6. The Morgan fingerprint density at radius 1 is 0.500 bits per heavy atom. The van der Waals surface area contributed by atoms with Crippen molar-refractivity contribution in [3.05, 3.63) is 0 Å². The van der Waals surface area contributed by atoms with Crippen LogP contribution in [0.3, 0.4) is 0 Å². The standard InChI is InChI=1S/Mn.3Si. The van der Waals surface area contributed by atoms with Crippen LogP contribution in [-0.2, 0) is 17.1 Å². The maximum Gasteiger partial charge on any atom is 0 e. The van der Waals surface area contributed by atoms with Crippen LogP contribution in [0.4, 0.5) is 0 Å². The Hall–Kier alpha value is 1.17. The molecular weight excluding hydrogens is 139 g/mol. The van der Waals surface area contributed by atoms with Crippen LogP contribution in [0.5, 0.6) is 0 Å². The average molecular weight is 139 g/mol. The van der Waals surface area contributed by atoms with Gasteiger partial charge in [-0.1, -0.05) is 0 Å². The van der Waals surface area contributed by atoms with E-state index in [-0.39, 0.29) is 50.0 Å². The van der Waals surface area contributed by atoms with Crippen molar-refractivity contribution in [1.82, 2.24) is 0 Å². The zero-order valence-corrected chi connectivity index (χ0v) is 6.06. The van der Waals surface area contributed by atoms with Gasteiger partial charge in [0.1, 0.15) is 0 Å². The third kappa shape index (κ3) is 10.9. The van der Waals surface area contributed by atoms with E-state index in [2.05, 4.69) is 0 Å². The molecule has 0 nitrogen and oxygen atoms in total. The molecule has 0 aromatic heterocycles. The van der Waals surface area contributed by atoms with E-state index in [4.69, 9.17) is 0 Å². The monoisotopic (exact) mass is 139 g/mol. The van der Waals surface area contributed by atoms with Gasteiger partial charge in [-0.15, -0.1) is 0 Å². The first kappa shape index (κ1) is 65.7. The van der Waals surface area contributed by atoms with Gasteiger partial charge in [-0.3, -0.25) is 0 Å². The molecule has 0 atom stereocenters. The van der Waals surface area contributed by atoms with Gasteiger partial charge < -0.3 is 0 Å². The van der Waals surface area contributed by atoms with Crippen LogP contribution in [0.2, 0.25) is 0 Å². The summed E-state index contributed by atoms with van der Waals surface area (Å²) in [6.07, 6.45) is 0. The molecule has 4 heteroatoms. The van der Waals surface area contributed by atoms with Crippen LogP contribution >= 0.6 is 0 Å². The van der Waals surface area contributed by atoms with E-state index in [0.29, 0.717) is 0 Å². The third-order valence-corrected chi connectivity index (χ3v) is 0. The number of hydrogen-bond donors (Lipinski definition) is 0. The number of hydrogen-bond acceptors (Lipinski definition) is 0. The molecule has 0 fully saturated rings. The van der Waals surface area contributed by atoms with Gasteiger partial charge in [0.2, 0.25) is 0 Å². The Balaban J connectivity index is 0. The zero-order chi connectivity index (χ0) is 0. The van der Waals surface area contributed by atoms with E-state index in [1.54, 1.807) is 0 Å². The van der Waals surface area contributed by atoms with Crippen LogP contribution in [0.15, 0.2) is 0 Å². The van der Waals surface area contributed by atoms with Gasteiger partial charge in [0, 0.05) is 50.0 Å². The molecule has 0 rings (SSSR count). The minimum atomic E-state index is 0. The first-order chi connectivity index (χ1) is 0. The molecule has 0 aliphatic rings. The van der Waals surface area contributed by atoms with Gasteiger partial charge >= 0.3 is 0 Å². The normalized spacial score (nSPS) is 0. The molecule has 0 N–H and O–H groups in total. The van der Waals surface area contributed by atoms with Crippen molar-refractivity contribution in [3.8, 4) is 0 Å². The van der Waals surface area contributed by atoms with E-state index in [9.17, 15) is 0 Å². The molecule has 0 saturated carbocycles. The fourth-order valence-electron chi connectivity index (χ4n) is 0. The van der Waals surface area contributed by atoms with E-state index >= 15 is 0 Å². The summed E-state index contributed by atoms with van der Waals surface area (Å²) in [5, 5.41) is 0. The molecule has 0 saturated heterocycles. The molecule has 0 bridgehead atoms. The van der Waals surface area contributed by atoms with Gasteiger partial charge in [0.25, 0.3) is 0 Å². The van der Waals surface area contributed by atoms with Crippen molar-refractivity contribution in [3.63, 3.8) is 0 Å². The Morgan fingerprint density at radius 2 is 0.500 bits per heavy atom. The van der Waals surface area contributed by atoms with Crippen molar-refractivity contribution in [1.29, 1.82) is 0 Å². The van der Waals surface area contributed by atoms with Crippen LogP contribution < -0.4 is 0 Å². The molecule has 0 spiro atoms. The third-order valence-electron chi connectivity index (χ3n) is 0. The Bertz CT molecular complexity index is 3.25. The maximum absolute atomic E-state index is 0. The summed E-state index contributed by atoms with van der Waals surface area (Å²) in [5.74, 6) is 0. The van der Waals surface area contributed by atoms with Crippen molar-refractivity contribution in [2.75, 3.05) is 0 Å². The van der Waals surface area contributed by atoms with E-state index < -0.39 is 0 Å². The van der Waals surface area contributed by atoms with Crippen LogP contribution in [-0.4, -0.2) is 32.9 Å². The largest absolute Gasteiger partial charge is 0 e. The van der Waals surface area contributed by atoms with Crippen LogP contribution in [0.25, 0.3) is 0 Å². The smallest absolute Gasteiger partial charge is 0 e. The fraction of sp³-hybridized carbons (Fsp3) is 0. The summed E-state index contributed by atoms with van der Waals surface area (Å²) in [5.41, 5.74) is 0. The summed E-state index contributed by atoms with van der Waals surface area (Å²) in [6.45, 7) is 0. The minimum Gasteiger partial charge on any atom is 0 e. The van der Waals surface area contributed by atoms with Crippen LogP contribution in [0.1, 0.15) is 0 Å². The fourth-order valence-corrected chi connectivity index (χ4v) is 0. The quantitative estimate of drug-likeness (QED) is 0.372. The summed E-state index contributed by atoms with van der Waals surface area (Å²) >= 11 is 0. The van der Waals surface area contributed by atoms with Crippen molar-refractivity contribution in [2.24, 2.45) is 0 Å². The van der Waals surface area contributed by atoms with E-state index in [1.165, 1.54) is 0 Å². The van der Waals surface area contributed by atoms with Gasteiger partial charge in [0.05, 0.1) is 0 Å². The molecule has 4 heavy (non-hydrogen) atoms. The van der Waals surface area contributed by atoms with Gasteiger partial charge in [0.15, 0.2) is 0 Å². The SMILES string of the molecule is [Mn].[Si].[Si].[Si]. The van der Waals surface area contributed by atoms with Gasteiger partial charge in [-0.05, 0) is 0 Å². The Kier molecular flexibility index (Phi) is 502. The second-order valence-corrected chi connectivity index (χ2v) is 0. The molecule has 0 amide bonds. The molecule has 13 radical (unpaired) electrons. The average Bonchev–Trinajstić information content (AvgIpc) is 0. The topological polar surface area (TPSA) is 0 Å². The maximum atomic E-state index is 0. The molecule has 0 aromatic carbocycles.